The first-order valence-corrected chi connectivity index (χ1v) is 5.94. The largest absolute Gasteiger partial charge is 0.505 e. The summed E-state index contributed by atoms with van der Waals surface area (Å²) in [6.45, 7) is 7.18. The minimum Gasteiger partial charge on any atom is -0.505 e. The van der Waals surface area contributed by atoms with Crippen LogP contribution in [0.25, 0.3) is 6.08 Å². The van der Waals surface area contributed by atoms with E-state index < -0.39 is 5.82 Å². The van der Waals surface area contributed by atoms with Crippen LogP contribution in [0.1, 0.15) is 32.8 Å². The minimum atomic E-state index is -0.583. The van der Waals surface area contributed by atoms with Crippen molar-refractivity contribution in [3.05, 3.63) is 35.2 Å². The molecule has 0 bridgehead atoms. The number of rotatable bonds is 5. The van der Waals surface area contributed by atoms with Gasteiger partial charge in [0.1, 0.15) is 0 Å². The van der Waals surface area contributed by atoms with E-state index in [-0.39, 0.29) is 11.8 Å². The van der Waals surface area contributed by atoms with E-state index in [0.717, 1.165) is 24.1 Å². The van der Waals surface area contributed by atoms with Crippen LogP contribution in [0.15, 0.2) is 23.8 Å². The Morgan fingerprint density at radius 2 is 2.24 bits per heavy atom. The summed E-state index contributed by atoms with van der Waals surface area (Å²) in [5.41, 5.74) is 1.91. The summed E-state index contributed by atoms with van der Waals surface area (Å²) in [5, 5.41) is 12.5. The van der Waals surface area contributed by atoms with Crippen molar-refractivity contribution in [2.24, 2.45) is 0 Å². The molecule has 1 aromatic carbocycles. The third-order valence-corrected chi connectivity index (χ3v) is 2.75. The van der Waals surface area contributed by atoms with Gasteiger partial charge in [0.25, 0.3) is 0 Å². The Hall–Kier alpha value is -1.35. The predicted molar refractivity (Wildman–Crippen MR) is 69.5 cm³/mol. The fourth-order valence-electron chi connectivity index (χ4n) is 1.52. The van der Waals surface area contributed by atoms with Gasteiger partial charge < -0.3 is 10.4 Å². The van der Waals surface area contributed by atoms with E-state index >= 15 is 0 Å². The Morgan fingerprint density at radius 1 is 1.53 bits per heavy atom. The topological polar surface area (TPSA) is 32.3 Å². The van der Waals surface area contributed by atoms with Crippen LogP contribution < -0.4 is 5.32 Å². The van der Waals surface area contributed by atoms with Crippen LogP contribution in [-0.4, -0.2) is 17.7 Å². The Balaban J connectivity index is 2.76. The van der Waals surface area contributed by atoms with E-state index in [2.05, 4.69) is 19.2 Å². The van der Waals surface area contributed by atoms with E-state index in [1.807, 2.05) is 13.0 Å². The quantitative estimate of drug-likeness (QED) is 0.823. The lowest BCUT2D eigenvalue weighted by molar-refractivity contribution is 0.432. The van der Waals surface area contributed by atoms with Crippen molar-refractivity contribution in [3.8, 4) is 5.75 Å². The molecule has 0 fully saturated rings. The molecule has 0 spiro atoms. The molecule has 3 heteroatoms. The zero-order valence-corrected chi connectivity index (χ0v) is 10.6. The maximum Gasteiger partial charge on any atom is 0.165 e. The molecule has 0 heterocycles. The third kappa shape index (κ3) is 4.19. The predicted octanol–water partition coefficient (Wildman–Crippen LogP) is 3.32. The molecule has 0 aliphatic carbocycles. The molecule has 0 saturated heterocycles. The van der Waals surface area contributed by atoms with Crippen molar-refractivity contribution in [1.29, 1.82) is 0 Å². The van der Waals surface area contributed by atoms with Crippen LogP contribution in [0.4, 0.5) is 4.39 Å². The molecule has 1 atom stereocenters. The fraction of sp³-hybridized carbons (Fsp3) is 0.429. The number of nitrogens with one attached hydrogen (secondary N) is 1. The lowest BCUT2D eigenvalue weighted by Gasteiger charge is -2.14. The molecule has 0 aromatic heterocycles. The number of aromatic hydroxyl groups is 1. The van der Waals surface area contributed by atoms with E-state index in [1.165, 1.54) is 12.1 Å². The molecule has 17 heavy (non-hydrogen) atoms. The van der Waals surface area contributed by atoms with E-state index in [0.29, 0.717) is 0 Å². The average Bonchev–Trinajstić information content (AvgIpc) is 2.30. The summed E-state index contributed by atoms with van der Waals surface area (Å²) in [6.07, 6.45) is 3.02. The zero-order valence-electron chi connectivity index (χ0n) is 10.6. The van der Waals surface area contributed by atoms with E-state index in [4.69, 9.17) is 5.11 Å². The molecule has 1 rings (SSSR count). The number of phenolic OH excluding ortho intramolecular Hbond substituents is 1. The summed E-state index contributed by atoms with van der Waals surface area (Å²) in [4.78, 5) is 0. The van der Waals surface area contributed by atoms with Crippen molar-refractivity contribution in [3.63, 3.8) is 0 Å². The molecule has 0 saturated carbocycles. The summed E-state index contributed by atoms with van der Waals surface area (Å²) >= 11 is 0. The highest BCUT2D eigenvalue weighted by molar-refractivity contribution is 5.54. The van der Waals surface area contributed by atoms with Gasteiger partial charge in [-0.3, -0.25) is 0 Å². The first-order chi connectivity index (χ1) is 8.04. The molecule has 0 aliphatic rings. The van der Waals surface area contributed by atoms with Crippen LogP contribution >= 0.6 is 0 Å². The number of hydrogen-bond donors (Lipinski definition) is 2. The Labute approximate surface area is 102 Å². The highest BCUT2D eigenvalue weighted by atomic mass is 19.1. The maximum absolute atomic E-state index is 13.1. The summed E-state index contributed by atoms with van der Waals surface area (Å²) in [7, 11) is 0. The minimum absolute atomic E-state index is 0.270. The lowest BCUT2D eigenvalue weighted by Crippen LogP contribution is -2.27. The maximum atomic E-state index is 13.1. The number of hydrogen-bond acceptors (Lipinski definition) is 2. The second-order valence-electron chi connectivity index (χ2n) is 4.28. The molecule has 0 radical (unpaired) electrons. The molecular weight excluding hydrogens is 217 g/mol. The Bertz CT molecular complexity index is 401. The first kappa shape index (κ1) is 13.7. The molecule has 2 nitrogen and oxygen atoms in total. The summed E-state index contributed by atoms with van der Waals surface area (Å²) in [5.74, 6) is -0.891. The standard InChI is InChI=1S/C14H20FNO/c1-4-7-16-11(3)10(2)8-12-5-6-14(17)13(15)9-12/h5-6,8-9,11,16-17H,4,7H2,1-3H3/b10-8+. The van der Waals surface area contributed by atoms with E-state index in [9.17, 15) is 4.39 Å². The summed E-state index contributed by atoms with van der Waals surface area (Å²) in [6, 6.07) is 4.69. The molecule has 94 valence electrons. The molecule has 1 unspecified atom stereocenters. The van der Waals surface area contributed by atoms with Crippen molar-refractivity contribution in [2.75, 3.05) is 6.54 Å². The second-order valence-corrected chi connectivity index (χ2v) is 4.28. The molecule has 2 N–H and O–H groups in total. The Kier molecular flexibility index (Phi) is 5.16. The SMILES string of the molecule is CCCNC(C)/C(C)=C/c1ccc(O)c(F)c1. The van der Waals surface area contributed by atoms with Gasteiger partial charge in [0.15, 0.2) is 11.6 Å². The molecular formula is C14H20FNO. The highest BCUT2D eigenvalue weighted by Crippen LogP contribution is 2.18. The first-order valence-electron chi connectivity index (χ1n) is 5.94. The number of halogens is 1. The normalized spacial score (nSPS) is 13.8. The van der Waals surface area contributed by atoms with Crippen LogP contribution in [0.2, 0.25) is 0 Å². The van der Waals surface area contributed by atoms with Gasteiger partial charge >= 0.3 is 0 Å². The summed E-state index contributed by atoms with van der Waals surface area (Å²) < 4.78 is 13.1. The van der Waals surface area contributed by atoms with Gasteiger partial charge in [-0.2, -0.15) is 0 Å². The van der Waals surface area contributed by atoms with Gasteiger partial charge in [0.2, 0.25) is 0 Å². The number of phenols is 1. The van der Waals surface area contributed by atoms with Gasteiger partial charge in [-0.1, -0.05) is 24.6 Å². The van der Waals surface area contributed by atoms with Crippen molar-refractivity contribution >= 4 is 6.08 Å². The highest BCUT2D eigenvalue weighted by Gasteiger charge is 2.04. The molecule has 0 amide bonds. The molecule has 1 aromatic rings. The monoisotopic (exact) mass is 237 g/mol. The van der Waals surface area contributed by atoms with Gasteiger partial charge in [-0.05, 0) is 44.5 Å². The second kappa shape index (κ2) is 6.40. The smallest absolute Gasteiger partial charge is 0.165 e. The fourth-order valence-corrected chi connectivity index (χ4v) is 1.52. The lowest BCUT2D eigenvalue weighted by atomic mass is 10.1. The van der Waals surface area contributed by atoms with Crippen molar-refractivity contribution in [1.82, 2.24) is 5.32 Å². The van der Waals surface area contributed by atoms with Crippen LogP contribution in [0, 0.1) is 5.82 Å². The Morgan fingerprint density at radius 3 is 2.82 bits per heavy atom. The number of benzene rings is 1. The van der Waals surface area contributed by atoms with E-state index in [1.54, 1.807) is 6.07 Å². The molecule has 0 aliphatic heterocycles. The van der Waals surface area contributed by atoms with Crippen molar-refractivity contribution < 1.29 is 9.50 Å². The van der Waals surface area contributed by atoms with Crippen molar-refractivity contribution in [2.45, 2.75) is 33.2 Å². The van der Waals surface area contributed by atoms with Crippen LogP contribution in [0.3, 0.4) is 0 Å². The van der Waals surface area contributed by atoms with Gasteiger partial charge in [-0.15, -0.1) is 0 Å². The third-order valence-electron chi connectivity index (χ3n) is 2.75. The average molecular weight is 237 g/mol. The van der Waals surface area contributed by atoms with Crippen LogP contribution in [-0.2, 0) is 0 Å². The van der Waals surface area contributed by atoms with Gasteiger partial charge in [-0.25, -0.2) is 4.39 Å². The zero-order chi connectivity index (χ0) is 12.8. The van der Waals surface area contributed by atoms with Gasteiger partial charge in [0.05, 0.1) is 0 Å². The van der Waals surface area contributed by atoms with Gasteiger partial charge in [0, 0.05) is 6.04 Å². The van der Waals surface area contributed by atoms with Crippen LogP contribution in [0.5, 0.6) is 5.75 Å².